The molecule has 0 spiro atoms. The molecule has 3 N–H and O–H groups in total. The van der Waals surface area contributed by atoms with Crippen LogP contribution in [0, 0.1) is 0 Å². The van der Waals surface area contributed by atoms with Gasteiger partial charge in [-0.3, -0.25) is 13.9 Å². The van der Waals surface area contributed by atoms with E-state index in [2.05, 4.69) is 5.32 Å². The molecular formula is C17H17N3O5S. The fourth-order valence-corrected chi connectivity index (χ4v) is 4.12. The number of hydrogen-bond acceptors (Lipinski definition) is 5. The maximum atomic E-state index is 13.1. The van der Waals surface area contributed by atoms with Crippen molar-refractivity contribution in [3.63, 3.8) is 0 Å². The highest BCUT2D eigenvalue weighted by molar-refractivity contribution is 7.92. The molecule has 0 fully saturated rings. The summed E-state index contributed by atoms with van der Waals surface area (Å²) in [5.41, 5.74) is 5.73. The number of likely N-dealkylation sites (N-methyl/N-ethyl adjacent to an activating group) is 1. The molecule has 3 rings (SSSR count). The number of nitrogens with one attached hydrogen (secondary N) is 1. The lowest BCUT2D eigenvalue weighted by atomic mass is 10.2. The zero-order chi connectivity index (χ0) is 18.9. The first-order valence-electron chi connectivity index (χ1n) is 7.74. The minimum absolute atomic E-state index is 0.0186. The standard InChI is InChI=1S/C17H17N3O5S/c1-19-17(22)15-10-20(13-4-2-3-5-14(13)25-15)26(23,24)12-8-6-11(7-9-12)16(18)21/h2-9,15H,10H2,1H3,(H2,18,21)(H,19,22)/t15-/m1/s1. The van der Waals surface area contributed by atoms with E-state index in [0.717, 1.165) is 4.31 Å². The van der Waals surface area contributed by atoms with Crippen molar-refractivity contribution in [1.82, 2.24) is 5.32 Å². The van der Waals surface area contributed by atoms with Crippen molar-refractivity contribution in [2.24, 2.45) is 5.73 Å². The molecule has 0 bridgehead atoms. The third kappa shape index (κ3) is 3.08. The molecule has 2 aromatic rings. The Labute approximate surface area is 150 Å². The minimum atomic E-state index is -3.97. The van der Waals surface area contributed by atoms with E-state index >= 15 is 0 Å². The number of anilines is 1. The van der Waals surface area contributed by atoms with Crippen molar-refractivity contribution in [3.05, 3.63) is 54.1 Å². The third-order valence-corrected chi connectivity index (χ3v) is 5.79. The van der Waals surface area contributed by atoms with Gasteiger partial charge in [0.05, 0.1) is 17.1 Å². The molecule has 136 valence electrons. The Balaban J connectivity index is 2.04. The van der Waals surface area contributed by atoms with E-state index in [-0.39, 0.29) is 17.0 Å². The molecule has 0 saturated carbocycles. The number of hydrogen-bond donors (Lipinski definition) is 2. The van der Waals surface area contributed by atoms with E-state index in [1.54, 1.807) is 24.3 Å². The van der Waals surface area contributed by atoms with Crippen molar-refractivity contribution in [2.45, 2.75) is 11.0 Å². The van der Waals surface area contributed by atoms with Crippen molar-refractivity contribution >= 4 is 27.5 Å². The number of sulfonamides is 1. The van der Waals surface area contributed by atoms with Crippen molar-refractivity contribution < 1.29 is 22.7 Å². The average molecular weight is 375 g/mol. The summed E-state index contributed by atoms with van der Waals surface area (Å²) in [6, 6.07) is 11.9. The van der Waals surface area contributed by atoms with E-state index in [0.29, 0.717) is 11.4 Å². The van der Waals surface area contributed by atoms with Crippen LogP contribution in [0.25, 0.3) is 0 Å². The van der Waals surface area contributed by atoms with Gasteiger partial charge < -0.3 is 15.8 Å². The number of amides is 2. The zero-order valence-corrected chi connectivity index (χ0v) is 14.7. The topological polar surface area (TPSA) is 119 Å². The first-order chi connectivity index (χ1) is 12.3. The summed E-state index contributed by atoms with van der Waals surface area (Å²) in [6.07, 6.45) is -0.977. The van der Waals surface area contributed by atoms with Gasteiger partial charge in [0.1, 0.15) is 5.75 Å². The maximum Gasteiger partial charge on any atom is 0.264 e. The van der Waals surface area contributed by atoms with Crippen LogP contribution in [0.4, 0.5) is 5.69 Å². The lowest BCUT2D eigenvalue weighted by Crippen LogP contribution is -2.50. The van der Waals surface area contributed by atoms with Crippen LogP contribution in [0.5, 0.6) is 5.75 Å². The van der Waals surface area contributed by atoms with Crippen molar-refractivity contribution in [1.29, 1.82) is 0 Å². The fraction of sp³-hybridized carbons (Fsp3) is 0.176. The predicted molar refractivity (Wildman–Crippen MR) is 94.4 cm³/mol. The van der Waals surface area contributed by atoms with Gasteiger partial charge in [-0.15, -0.1) is 0 Å². The zero-order valence-electron chi connectivity index (χ0n) is 13.9. The Bertz CT molecular complexity index is 957. The summed E-state index contributed by atoms with van der Waals surface area (Å²) in [4.78, 5) is 23.2. The largest absolute Gasteiger partial charge is 0.476 e. The van der Waals surface area contributed by atoms with E-state index in [9.17, 15) is 18.0 Å². The molecule has 1 aliphatic heterocycles. The molecule has 0 radical (unpaired) electrons. The van der Waals surface area contributed by atoms with Crippen LogP contribution in [0.1, 0.15) is 10.4 Å². The molecular weight excluding hydrogens is 358 g/mol. The Hall–Kier alpha value is -3.07. The van der Waals surface area contributed by atoms with E-state index in [1.165, 1.54) is 31.3 Å². The predicted octanol–water partition coefficient (Wildman–Crippen LogP) is 0.488. The highest BCUT2D eigenvalue weighted by Crippen LogP contribution is 2.36. The van der Waals surface area contributed by atoms with Gasteiger partial charge in [0, 0.05) is 12.6 Å². The Morgan fingerprint density at radius 1 is 1.15 bits per heavy atom. The minimum Gasteiger partial charge on any atom is -0.476 e. The van der Waals surface area contributed by atoms with Crippen LogP contribution in [0.15, 0.2) is 53.4 Å². The number of fused-ring (bicyclic) bond motifs is 1. The average Bonchev–Trinajstić information content (AvgIpc) is 2.66. The molecule has 26 heavy (non-hydrogen) atoms. The second-order valence-electron chi connectivity index (χ2n) is 5.61. The van der Waals surface area contributed by atoms with Crippen LogP contribution in [-0.2, 0) is 14.8 Å². The number of ether oxygens (including phenoxy) is 1. The van der Waals surface area contributed by atoms with Gasteiger partial charge in [0.15, 0.2) is 6.10 Å². The van der Waals surface area contributed by atoms with Gasteiger partial charge >= 0.3 is 0 Å². The first-order valence-corrected chi connectivity index (χ1v) is 9.18. The lowest BCUT2D eigenvalue weighted by Gasteiger charge is -2.34. The molecule has 1 heterocycles. The van der Waals surface area contributed by atoms with E-state index in [1.807, 2.05) is 0 Å². The second kappa shape index (κ2) is 6.68. The normalized spacial score (nSPS) is 16.3. The first kappa shape index (κ1) is 17.7. The van der Waals surface area contributed by atoms with Crippen molar-refractivity contribution in [2.75, 3.05) is 17.9 Å². The van der Waals surface area contributed by atoms with Gasteiger partial charge in [0.2, 0.25) is 5.91 Å². The molecule has 0 aromatic heterocycles. The summed E-state index contributed by atoms with van der Waals surface area (Å²) >= 11 is 0. The van der Waals surface area contributed by atoms with Gasteiger partial charge in [-0.25, -0.2) is 8.42 Å². The lowest BCUT2D eigenvalue weighted by molar-refractivity contribution is -0.127. The highest BCUT2D eigenvalue weighted by Gasteiger charge is 2.37. The van der Waals surface area contributed by atoms with Gasteiger partial charge in [-0.05, 0) is 36.4 Å². The molecule has 0 aliphatic carbocycles. The number of para-hydroxylation sites is 2. The third-order valence-electron chi connectivity index (χ3n) is 4.00. The number of primary amides is 1. The van der Waals surface area contributed by atoms with Crippen LogP contribution in [0.3, 0.4) is 0 Å². The van der Waals surface area contributed by atoms with E-state index in [4.69, 9.17) is 10.5 Å². The Morgan fingerprint density at radius 2 is 1.81 bits per heavy atom. The summed E-state index contributed by atoms with van der Waals surface area (Å²) in [7, 11) is -2.52. The molecule has 2 amide bonds. The summed E-state index contributed by atoms with van der Waals surface area (Å²) in [6.45, 7) is -0.170. The molecule has 0 unspecified atom stereocenters. The number of carbonyl (C=O) groups excluding carboxylic acids is 2. The summed E-state index contributed by atoms with van der Waals surface area (Å²) in [5, 5.41) is 2.46. The van der Waals surface area contributed by atoms with Crippen LogP contribution >= 0.6 is 0 Å². The van der Waals surface area contributed by atoms with Gasteiger partial charge in [-0.2, -0.15) is 0 Å². The quantitative estimate of drug-likeness (QED) is 0.806. The molecule has 1 atom stereocenters. The number of rotatable bonds is 4. The molecule has 9 heteroatoms. The van der Waals surface area contributed by atoms with Crippen LogP contribution in [0.2, 0.25) is 0 Å². The fourth-order valence-electron chi connectivity index (χ4n) is 2.65. The van der Waals surface area contributed by atoms with Crippen LogP contribution < -0.4 is 20.1 Å². The number of nitrogens with zero attached hydrogens (tertiary/aromatic N) is 1. The Kier molecular flexibility index (Phi) is 4.56. The molecule has 2 aromatic carbocycles. The highest BCUT2D eigenvalue weighted by atomic mass is 32.2. The Morgan fingerprint density at radius 3 is 2.42 bits per heavy atom. The maximum absolute atomic E-state index is 13.1. The molecule has 1 aliphatic rings. The second-order valence-corrected chi connectivity index (χ2v) is 7.48. The number of nitrogens with two attached hydrogens (primary N) is 1. The summed E-state index contributed by atoms with van der Waals surface area (Å²) in [5.74, 6) is -0.779. The molecule has 0 saturated heterocycles. The van der Waals surface area contributed by atoms with Gasteiger partial charge in [-0.1, -0.05) is 12.1 Å². The SMILES string of the molecule is CNC(=O)[C@H]1CN(S(=O)(=O)c2ccc(C(N)=O)cc2)c2ccccc2O1. The smallest absolute Gasteiger partial charge is 0.264 e. The molecule has 8 nitrogen and oxygen atoms in total. The number of carbonyl (C=O) groups is 2. The summed E-state index contributed by atoms with van der Waals surface area (Å²) < 4.78 is 33.0. The number of benzene rings is 2. The van der Waals surface area contributed by atoms with Gasteiger partial charge in [0.25, 0.3) is 15.9 Å². The monoisotopic (exact) mass is 375 g/mol. The van der Waals surface area contributed by atoms with E-state index < -0.39 is 27.9 Å². The van der Waals surface area contributed by atoms with Crippen LogP contribution in [-0.4, -0.2) is 39.9 Å². The van der Waals surface area contributed by atoms with Crippen molar-refractivity contribution in [3.8, 4) is 5.75 Å².